The van der Waals surface area contributed by atoms with Crippen molar-refractivity contribution in [2.24, 2.45) is 11.3 Å². The fourth-order valence-electron chi connectivity index (χ4n) is 2.68. The van der Waals surface area contributed by atoms with Crippen LogP contribution < -0.4 is 0 Å². The Bertz CT molecular complexity index is 477. The maximum atomic E-state index is 11.9. The topological polar surface area (TPSA) is 17.1 Å². The average molecular weight is 210 g/mol. The first-order chi connectivity index (χ1) is 7.81. The summed E-state index contributed by atoms with van der Waals surface area (Å²) in [7, 11) is 0. The summed E-state index contributed by atoms with van der Waals surface area (Å²) in [4.78, 5) is 11.9. The highest BCUT2D eigenvalue weighted by molar-refractivity contribution is 5.92. The third-order valence-electron chi connectivity index (χ3n) is 3.76. The molecule has 0 radical (unpaired) electrons. The highest BCUT2D eigenvalue weighted by Gasteiger charge is 2.59. The highest BCUT2D eigenvalue weighted by atomic mass is 16.1. The van der Waals surface area contributed by atoms with Gasteiger partial charge in [-0.05, 0) is 37.3 Å². The molecule has 16 heavy (non-hydrogen) atoms. The van der Waals surface area contributed by atoms with Gasteiger partial charge in [0.1, 0.15) is 0 Å². The van der Waals surface area contributed by atoms with Gasteiger partial charge >= 0.3 is 0 Å². The molecule has 1 heteroatoms. The minimum absolute atomic E-state index is 0.242. The van der Waals surface area contributed by atoms with Gasteiger partial charge in [-0.2, -0.15) is 0 Å². The number of fused-ring (bicyclic) bond motifs is 1. The third-order valence-corrected chi connectivity index (χ3v) is 3.76. The van der Waals surface area contributed by atoms with Crippen LogP contribution >= 0.6 is 0 Å². The van der Waals surface area contributed by atoms with Crippen molar-refractivity contribution in [3.8, 4) is 11.8 Å². The number of Topliss-reactive ketones (excluding diaryl/α,β-unsaturated/α-hetero) is 1. The molecule has 2 fully saturated rings. The number of benzene rings is 1. The zero-order valence-corrected chi connectivity index (χ0v) is 9.20. The van der Waals surface area contributed by atoms with Crippen LogP contribution in [0.4, 0.5) is 0 Å². The quantitative estimate of drug-likeness (QED) is 0.602. The van der Waals surface area contributed by atoms with Crippen molar-refractivity contribution in [2.45, 2.75) is 25.7 Å². The zero-order chi connectivity index (χ0) is 11.0. The molecule has 2 saturated carbocycles. The molecule has 2 aliphatic carbocycles. The summed E-state index contributed by atoms with van der Waals surface area (Å²) in [6.45, 7) is 0. The number of carbonyl (C=O) groups excluding carboxylic acids is 1. The molecule has 1 nitrogen and oxygen atoms in total. The first kappa shape index (κ1) is 9.66. The molecule has 0 saturated heterocycles. The van der Waals surface area contributed by atoms with Crippen LogP contribution in [0.5, 0.6) is 0 Å². The molecule has 0 amide bonds. The fraction of sp³-hybridized carbons (Fsp3) is 0.400. The normalized spacial score (nSPS) is 31.2. The van der Waals surface area contributed by atoms with Gasteiger partial charge in [-0.15, -0.1) is 0 Å². The smallest absolute Gasteiger partial charge is 0.151 e. The second-order valence-corrected chi connectivity index (χ2v) is 4.80. The molecule has 80 valence electrons. The molecule has 1 unspecified atom stereocenters. The molecular weight excluding hydrogens is 196 g/mol. The molecule has 1 aromatic carbocycles. The number of rotatable bonds is 0. The van der Waals surface area contributed by atoms with Crippen LogP contribution in [0.3, 0.4) is 0 Å². The summed E-state index contributed by atoms with van der Waals surface area (Å²) in [6.07, 6.45) is 4.00. The first-order valence-electron chi connectivity index (χ1n) is 5.93. The molecule has 0 spiro atoms. The van der Waals surface area contributed by atoms with Crippen molar-refractivity contribution >= 4 is 5.78 Å². The molecule has 0 heterocycles. The van der Waals surface area contributed by atoms with Crippen molar-refractivity contribution in [3.63, 3.8) is 0 Å². The number of hydrogen-bond acceptors (Lipinski definition) is 1. The van der Waals surface area contributed by atoms with E-state index in [0.717, 1.165) is 24.8 Å². The van der Waals surface area contributed by atoms with E-state index in [1.54, 1.807) is 0 Å². The number of carbonyl (C=O) groups is 1. The van der Waals surface area contributed by atoms with Crippen molar-refractivity contribution in [3.05, 3.63) is 35.9 Å². The van der Waals surface area contributed by atoms with E-state index in [4.69, 9.17) is 0 Å². The van der Waals surface area contributed by atoms with E-state index < -0.39 is 0 Å². The summed E-state index contributed by atoms with van der Waals surface area (Å²) in [5.74, 6) is 7.34. The minimum Gasteiger partial charge on any atom is -0.298 e. The third kappa shape index (κ3) is 1.46. The van der Waals surface area contributed by atoms with Gasteiger partial charge < -0.3 is 0 Å². The Morgan fingerprint density at radius 2 is 2.06 bits per heavy atom. The molecule has 3 rings (SSSR count). The molecule has 2 aliphatic rings. The van der Waals surface area contributed by atoms with Crippen molar-refractivity contribution in [1.82, 2.24) is 0 Å². The molecule has 0 N–H and O–H groups in total. The van der Waals surface area contributed by atoms with E-state index in [9.17, 15) is 4.79 Å². The standard InChI is InChI=1S/C15H14O/c16-14-8-4-7-13-11-15(13,14)10-9-12-5-2-1-3-6-12/h1-3,5-6,13H,4,7-8,11H2/t13?,15-/m1/s1. The van der Waals surface area contributed by atoms with Crippen LogP contribution in [0.15, 0.2) is 30.3 Å². The van der Waals surface area contributed by atoms with Gasteiger partial charge in [-0.3, -0.25) is 4.79 Å². The zero-order valence-electron chi connectivity index (χ0n) is 9.20. The van der Waals surface area contributed by atoms with E-state index in [0.29, 0.717) is 11.7 Å². The first-order valence-corrected chi connectivity index (χ1v) is 5.93. The van der Waals surface area contributed by atoms with Crippen LogP contribution in [-0.4, -0.2) is 5.78 Å². The van der Waals surface area contributed by atoms with E-state index in [1.165, 1.54) is 6.42 Å². The Balaban J connectivity index is 1.86. The maximum Gasteiger partial charge on any atom is 0.151 e. The highest BCUT2D eigenvalue weighted by Crippen LogP contribution is 2.58. The lowest BCUT2D eigenvalue weighted by Gasteiger charge is -2.14. The second kappa shape index (κ2) is 3.49. The van der Waals surface area contributed by atoms with Gasteiger partial charge in [0.05, 0.1) is 5.41 Å². The second-order valence-electron chi connectivity index (χ2n) is 4.80. The Hall–Kier alpha value is -1.55. The Kier molecular flexibility index (Phi) is 2.11. The van der Waals surface area contributed by atoms with E-state index >= 15 is 0 Å². The van der Waals surface area contributed by atoms with Crippen LogP contribution in [0, 0.1) is 23.2 Å². The number of hydrogen-bond donors (Lipinski definition) is 0. The van der Waals surface area contributed by atoms with Crippen LogP contribution in [0.25, 0.3) is 0 Å². The van der Waals surface area contributed by atoms with Crippen LogP contribution in [0.1, 0.15) is 31.2 Å². The summed E-state index contributed by atoms with van der Waals surface area (Å²) >= 11 is 0. The average Bonchev–Trinajstić information content (AvgIpc) is 3.05. The summed E-state index contributed by atoms with van der Waals surface area (Å²) in [6, 6.07) is 9.93. The predicted molar refractivity (Wildman–Crippen MR) is 62.7 cm³/mol. The van der Waals surface area contributed by atoms with Crippen molar-refractivity contribution in [1.29, 1.82) is 0 Å². The molecular formula is C15H14O. The van der Waals surface area contributed by atoms with Gasteiger partial charge in [0.15, 0.2) is 5.78 Å². The lowest BCUT2D eigenvalue weighted by molar-refractivity contribution is -0.123. The van der Waals surface area contributed by atoms with Crippen LogP contribution in [-0.2, 0) is 4.79 Å². The predicted octanol–water partition coefficient (Wildman–Crippen LogP) is 2.80. The van der Waals surface area contributed by atoms with Crippen molar-refractivity contribution in [2.75, 3.05) is 0 Å². The van der Waals surface area contributed by atoms with Gasteiger partial charge in [-0.1, -0.05) is 30.0 Å². The summed E-state index contributed by atoms with van der Waals surface area (Å²) in [5, 5.41) is 0. The Morgan fingerprint density at radius 1 is 1.25 bits per heavy atom. The molecule has 1 aromatic rings. The van der Waals surface area contributed by atoms with Gasteiger partial charge in [0.25, 0.3) is 0 Å². The van der Waals surface area contributed by atoms with Gasteiger partial charge in [0.2, 0.25) is 0 Å². The SMILES string of the molecule is O=C1CCCC2C[C@@]12C#Cc1ccccc1. The number of ketones is 1. The summed E-state index contributed by atoms with van der Waals surface area (Å²) < 4.78 is 0. The summed E-state index contributed by atoms with van der Waals surface area (Å²) in [5.41, 5.74) is 0.773. The largest absolute Gasteiger partial charge is 0.298 e. The van der Waals surface area contributed by atoms with Crippen LogP contribution in [0.2, 0.25) is 0 Å². The fourth-order valence-corrected chi connectivity index (χ4v) is 2.68. The van der Waals surface area contributed by atoms with Crippen molar-refractivity contribution < 1.29 is 4.79 Å². The molecule has 2 atom stereocenters. The Labute approximate surface area is 95.9 Å². The minimum atomic E-state index is -0.242. The molecule has 0 aliphatic heterocycles. The van der Waals surface area contributed by atoms with E-state index in [1.807, 2.05) is 30.3 Å². The molecule has 0 bridgehead atoms. The van der Waals surface area contributed by atoms with Gasteiger partial charge in [0, 0.05) is 12.0 Å². The van der Waals surface area contributed by atoms with Gasteiger partial charge in [-0.25, -0.2) is 0 Å². The Morgan fingerprint density at radius 3 is 2.81 bits per heavy atom. The monoisotopic (exact) mass is 210 g/mol. The van der Waals surface area contributed by atoms with E-state index in [-0.39, 0.29) is 5.41 Å². The van der Waals surface area contributed by atoms with E-state index in [2.05, 4.69) is 11.8 Å². The maximum absolute atomic E-state index is 11.9. The lowest BCUT2D eigenvalue weighted by Crippen LogP contribution is -2.20. The molecule has 0 aromatic heterocycles. The lowest BCUT2D eigenvalue weighted by atomic mass is 9.87.